The molecule has 0 saturated carbocycles. The fourth-order valence-corrected chi connectivity index (χ4v) is 2.41. The van der Waals surface area contributed by atoms with Gasteiger partial charge in [-0.15, -0.1) is 5.10 Å². The number of methoxy groups -OCH3 is 1. The van der Waals surface area contributed by atoms with Crippen molar-refractivity contribution in [2.24, 2.45) is 0 Å². The molecule has 0 aromatic carbocycles. The van der Waals surface area contributed by atoms with Gasteiger partial charge in [-0.25, -0.2) is 0 Å². The topological polar surface area (TPSA) is 117 Å². The molecule has 0 radical (unpaired) electrons. The van der Waals surface area contributed by atoms with Crippen molar-refractivity contribution in [2.45, 2.75) is 39.0 Å². The van der Waals surface area contributed by atoms with Crippen LogP contribution in [0.1, 0.15) is 24.2 Å². The van der Waals surface area contributed by atoms with Crippen LogP contribution in [0.4, 0.5) is 18.9 Å². The first-order valence-corrected chi connectivity index (χ1v) is 8.26. The third kappa shape index (κ3) is 5.44. The average molecular weight is 404 g/mol. The van der Waals surface area contributed by atoms with Gasteiger partial charge in [-0.1, -0.05) is 0 Å². The van der Waals surface area contributed by atoms with Crippen LogP contribution in [0.25, 0.3) is 0 Å². The second-order valence-corrected chi connectivity index (χ2v) is 5.89. The Labute approximate surface area is 157 Å². The number of carbonyl (C=O) groups excluding carboxylic acids is 1. The lowest BCUT2D eigenvalue weighted by atomic mass is 10.3. The minimum absolute atomic E-state index is 0.0288. The molecule has 0 fully saturated rings. The molecule has 0 aliphatic carbocycles. The Kier molecular flexibility index (Phi) is 6.59. The fraction of sp³-hybridized carbons (Fsp3) is 0.533. The van der Waals surface area contributed by atoms with Gasteiger partial charge < -0.3 is 10.1 Å². The predicted molar refractivity (Wildman–Crippen MR) is 89.6 cm³/mol. The molecule has 154 valence electrons. The SMILES string of the molecule is COc1nn(CCC(=O)NCCCn2nc(C(F)(F)F)cc2C)cc1[N+](=O)[O-]. The molecule has 2 heterocycles. The highest BCUT2D eigenvalue weighted by atomic mass is 19.4. The molecule has 28 heavy (non-hydrogen) atoms. The standard InChI is InChI=1S/C15H19F3N6O4/c1-10-8-12(15(16,17)18)20-23(10)6-3-5-19-13(25)4-7-22-9-11(24(26)27)14(21-22)28-2/h8-9H,3-7H2,1-2H3,(H,19,25). The van der Waals surface area contributed by atoms with E-state index in [1.807, 2.05) is 0 Å². The maximum atomic E-state index is 12.6. The Morgan fingerprint density at radius 1 is 1.36 bits per heavy atom. The van der Waals surface area contributed by atoms with Gasteiger partial charge in [0.05, 0.1) is 18.6 Å². The lowest BCUT2D eigenvalue weighted by molar-refractivity contribution is -0.385. The molecule has 2 aromatic rings. The number of amides is 1. The van der Waals surface area contributed by atoms with Crippen LogP contribution in [-0.2, 0) is 24.1 Å². The summed E-state index contributed by atoms with van der Waals surface area (Å²) in [5.41, 5.74) is -0.860. The minimum Gasteiger partial charge on any atom is -0.475 e. The van der Waals surface area contributed by atoms with Gasteiger partial charge in [-0.05, 0) is 19.4 Å². The van der Waals surface area contributed by atoms with Gasteiger partial charge in [0, 0.05) is 25.2 Å². The highest BCUT2D eigenvalue weighted by molar-refractivity contribution is 5.75. The quantitative estimate of drug-likeness (QED) is 0.388. The Balaban J connectivity index is 1.75. The number of nitrogens with one attached hydrogen (secondary N) is 1. The van der Waals surface area contributed by atoms with Crippen LogP contribution in [0.3, 0.4) is 0 Å². The van der Waals surface area contributed by atoms with Crippen molar-refractivity contribution < 1.29 is 27.6 Å². The molecular formula is C15H19F3N6O4. The highest BCUT2D eigenvalue weighted by Crippen LogP contribution is 2.28. The zero-order chi connectivity index (χ0) is 20.9. The first-order valence-electron chi connectivity index (χ1n) is 8.26. The largest absolute Gasteiger partial charge is 0.475 e. The molecule has 1 N–H and O–H groups in total. The van der Waals surface area contributed by atoms with Gasteiger partial charge in [-0.3, -0.25) is 24.3 Å². The zero-order valence-electron chi connectivity index (χ0n) is 15.2. The van der Waals surface area contributed by atoms with E-state index in [2.05, 4.69) is 15.5 Å². The van der Waals surface area contributed by atoms with Crippen molar-refractivity contribution in [3.63, 3.8) is 0 Å². The number of carbonyl (C=O) groups is 1. The molecule has 2 aromatic heterocycles. The number of nitrogens with zero attached hydrogens (tertiary/aromatic N) is 5. The second kappa shape index (κ2) is 8.71. The third-order valence-electron chi connectivity index (χ3n) is 3.81. The zero-order valence-corrected chi connectivity index (χ0v) is 15.2. The molecule has 0 aliphatic rings. The van der Waals surface area contributed by atoms with Gasteiger partial charge in [-0.2, -0.15) is 18.3 Å². The van der Waals surface area contributed by atoms with E-state index in [-0.39, 0.29) is 43.5 Å². The fourth-order valence-electron chi connectivity index (χ4n) is 2.41. The van der Waals surface area contributed by atoms with Crippen LogP contribution in [0.5, 0.6) is 5.88 Å². The number of aromatic nitrogens is 4. The van der Waals surface area contributed by atoms with Crippen molar-refractivity contribution in [1.82, 2.24) is 24.9 Å². The first-order chi connectivity index (χ1) is 13.1. The maximum absolute atomic E-state index is 12.6. The van der Waals surface area contributed by atoms with Crippen LogP contribution in [0, 0.1) is 17.0 Å². The lowest BCUT2D eigenvalue weighted by Gasteiger charge is -2.07. The molecule has 0 spiro atoms. The number of aryl methyl sites for hydroxylation is 3. The van der Waals surface area contributed by atoms with E-state index >= 15 is 0 Å². The Hall–Kier alpha value is -3.12. The number of halogens is 3. The van der Waals surface area contributed by atoms with Crippen molar-refractivity contribution in [3.05, 3.63) is 33.8 Å². The average Bonchev–Trinajstić information content (AvgIpc) is 3.20. The normalized spacial score (nSPS) is 11.5. The van der Waals surface area contributed by atoms with E-state index in [1.165, 1.54) is 29.6 Å². The van der Waals surface area contributed by atoms with E-state index in [9.17, 15) is 28.1 Å². The molecule has 0 bridgehead atoms. The van der Waals surface area contributed by atoms with Gasteiger partial charge >= 0.3 is 17.7 Å². The van der Waals surface area contributed by atoms with Crippen molar-refractivity contribution in [1.29, 1.82) is 0 Å². The third-order valence-corrected chi connectivity index (χ3v) is 3.81. The van der Waals surface area contributed by atoms with Crippen LogP contribution in [0.15, 0.2) is 12.3 Å². The summed E-state index contributed by atoms with van der Waals surface area (Å²) in [7, 11) is 1.26. The number of nitro groups is 1. The van der Waals surface area contributed by atoms with Crippen LogP contribution >= 0.6 is 0 Å². The van der Waals surface area contributed by atoms with Crippen LogP contribution in [0.2, 0.25) is 0 Å². The maximum Gasteiger partial charge on any atom is 0.435 e. The number of ether oxygens (including phenoxy) is 1. The predicted octanol–water partition coefficient (Wildman–Crippen LogP) is 1.92. The van der Waals surface area contributed by atoms with E-state index in [0.717, 1.165) is 6.07 Å². The van der Waals surface area contributed by atoms with E-state index in [1.54, 1.807) is 0 Å². The molecule has 13 heteroatoms. The second-order valence-electron chi connectivity index (χ2n) is 5.89. The summed E-state index contributed by atoms with van der Waals surface area (Å²) in [6.07, 6.45) is -2.90. The molecule has 0 saturated heterocycles. The van der Waals surface area contributed by atoms with Gasteiger partial charge in [0.25, 0.3) is 0 Å². The molecule has 0 unspecified atom stereocenters. The molecule has 0 atom stereocenters. The Morgan fingerprint density at radius 2 is 2.07 bits per heavy atom. The van der Waals surface area contributed by atoms with Gasteiger partial charge in [0.2, 0.25) is 5.91 Å². The first kappa shape index (κ1) is 21.2. The smallest absolute Gasteiger partial charge is 0.435 e. The van der Waals surface area contributed by atoms with Gasteiger partial charge in [0.15, 0.2) is 5.69 Å². The number of rotatable bonds is 9. The van der Waals surface area contributed by atoms with Crippen molar-refractivity contribution in [2.75, 3.05) is 13.7 Å². The van der Waals surface area contributed by atoms with E-state index in [0.29, 0.717) is 12.1 Å². The summed E-state index contributed by atoms with van der Waals surface area (Å²) < 4.78 is 45.1. The number of hydrogen-bond acceptors (Lipinski definition) is 6. The molecule has 0 aliphatic heterocycles. The minimum atomic E-state index is -4.49. The summed E-state index contributed by atoms with van der Waals surface area (Å²) >= 11 is 0. The van der Waals surface area contributed by atoms with E-state index < -0.39 is 16.8 Å². The lowest BCUT2D eigenvalue weighted by Crippen LogP contribution is -2.26. The summed E-state index contributed by atoms with van der Waals surface area (Å²) in [4.78, 5) is 22.0. The van der Waals surface area contributed by atoms with Gasteiger partial charge in [0.1, 0.15) is 6.20 Å². The van der Waals surface area contributed by atoms with E-state index in [4.69, 9.17) is 4.74 Å². The number of hydrogen-bond donors (Lipinski definition) is 1. The molecule has 1 amide bonds. The summed E-state index contributed by atoms with van der Waals surface area (Å²) in [5, 5.41) is 20.8. The summed E-state index contributed by atoms with van der Waals surface area (Å²) in [6, 6.07) is 0.968. The Bertz CT molecular complexity index is 845. The molecule has 2 rings (SSSR count). The monoisotopic (exact) mass is 404 g/mol. The van der Waals surface area contributed by atoms with Crippen molar-refractivity contribution >= 4 is 11.6 Å². The molecular weight excluding hydrogens is 385 g/mol. The highest BCUT2D eigenvalue weighted by Gasteiger charge is 2.34. The van der Waals surface area contributed by atoms with Crippen LogP contribution in [-0.4, -0.2) is 44.0 Å². The van der Waals surface area contributed by atoms with Crippen molar-refractivity contribution in [3.8, 4) is 5.88 Å². The Morgan fingerprint density at radius 3 is 2.61 bits per heavy atom. The number of alkyl halides is 3. The summed E-state index contributed by atoms with van der Waals surface area (Å²) in [5.74, 6) is -0.455. The van der Waals surface area contributed by atoms with Crippen LogP contribution < -0.4 is 10.1 Å². The molecule has 10 nitrogen and oxygen atoms in total. The summed E-state index contributed by atoms with van der Waals surface area (Å²) in [6.45, 7) is 2.12.